The summed E-state index contributed by atoms with van der Waals surface area (Å²) in [5.74, 6) is 0.919. The van der Waals surface area contributed by atoms with Crippen LogP contribution in [0.2, 0.25) is 0 Å². The fraction of sp³-hybridized carbons (Fsp3) is 0.522. The van der Waals surface area contributed by atoms with E-state index in [0.717, 1.165) is 62.9 Å². The van der Waals surface area contributed by atoms with E-state index in [-0.39, 0.29) is 29.0 Å². The SMILES string of the molecule is Cc1nc2c(c(=O)[nH]1)CCC21CCN(C(=O)[C@H]2CC[C@H](c3ccccc3)N2)CC1. The van der Waals surface area contributed by atoms with E-state index in [0.29, 0.717) is 5.82 Å². The third-order valence-electron chi connectivity index (χ3n) is 7.17. The highest BCUT2D eigenvalue weighted by atomic mass is 16.2. The minimum atomic E-state index is -0.0895. The average Bonchev–Trinajstić information content (AvgIpc) is 3.35. The summed E-state index contributed by atoms with van der Waals surface area (Å²) in [5.41, 5.74) is 3.10. The summed E-state index contributed by atoms with van der Waals surface area (Å²) >= 11 is 0. The lowest BCUT2D eigenvalue weighted by atomic mass is 9.76. The summed E-state index contributed by atoms with van der Waals surface area (Å²) < 4.78 is 0. The van der Waals surface area contributed by atoms with Gasteiger partial charge >= 0.3 is 0 Å². The Bertz CT molecular complexity index is 976. The summed E-state index contributed by atoms with van der Waals surface area (Å²) in [6, 6.07) is 10.6. The Labute approximate surface area is 170 Å². The maximum Gasteiger partial charge on any atom is 0.254 e. The molecule has 1 aliphatic carbocycles. The first kappa shape index (κ1) is 18.6. The van der Waals surface area contributed by atoms with E-state index in [4.69, 9.17) is 4.98 Å². The van der Waals surface area contributed by atoms with Gasteiger partial charge in [-0.15, -0.1) is 0 Å². The number of aryl methyl sites for hydroxylation is 1. The van der Waals surface area contributed by atoms with E-state index in [2.05, 4.69) is 34.6 Å². The monoisotopic (exact) mass is 392 g/mol. The number of H-pyrrole nitrogens is 1. The van der Waals surface area contributed by atoms with Crippen LogP contribution >= 0.6 is 0 Å². The Balaban J connectivity index is 1.25. The molecule has 2 fully saturated rings. The quantitative estimate of drug-likeness (QED) is 0.823. The van der Waals surface area contributed by atoms with Crippen molar-refractivity contribution in [2.24, 2.45) is 0 Å². The fourth-order valence-electron chi connectivity index (χ4n) is 5.51. The first-order chi connectivity index (χ1) is 14.1. The second-order valence-electron chi connectivity index (χ2n) is 8.84. The van der Waals surface area contributed by atoms with Crippen LogP contribution in [0.5, 0.6) is 0 Å². The van der Waals surface area contributed by atoms with Crippen LogP contribution < -0.4 is 10.9 Å². The number of hydrogen-bond acceptors (Lipinski definition) is 4. The van der Waals surface area contributed by atoms with Gasteiger partial charge < -0.3 is 9.88 Å². The number of hydrogen-bond donors (Lipinski definition) is 2. The van der Waals surface area contributed by atoms with Gasteiger partial charge in [0.25, 0.3) is 5.56 Å². The van der Waals surface area contributed by atoms with Gasteiger partial charge in [0.15, 0.2) is 0 Å². The van der Waals surface area contributed by atoms with Gasteiger partial charge in [0, 0.05) is 30.1 Å². The number of carbonyl (C=O) groups excluding carboxylic acids is 1. The van der Waals surface area contributed by atoms with Gasteiger partial charge in [-0.2, -0.15) is 0 Å². The minimum absolute atomic E-state index is 0.0185. The van der Waals surface area contributed by atoms with Gasteiger partial charge in [-0.25, -0.2) is 4.98 Å². The number of likely N-dealkylation sites (tertiary alicyclic amines) is 1. The summed E-state index contributed by atoms with van der Waals surface area (Å²) in [6.07, 6.45) is 5.46. The summed E-state index contributed by atoms with van der Waals surface area (Å²) in [7, 11) is 0. The highest BCUT2D eigenvalue weighted by Gasteiger charge is 2.45. The second-order valence-corrected chi connectivity index (χ2v) is 8.84. The number of benzene rings is 1. The summed E-state index contributed by atoms with van der Waals surface area (Å²) in [5, 5.41) is 3.55. The Morgan fingerprint density at radius 2 is 1.90 bits per heavy atom. The van der Waals surface area contributed by atoms with Gasteiger partial charge in [0.2, 0.25) is 5.91 Å². The summed E-state index contributed by atoms with van der Waals surface area (Å²) in [4.78, 5) is 35.0. The third kappa shape index (κ3) is 3.19. The number of piperidine rings is 1. The van der Waals surface area contributed by atoms with E-state index in [9.17, 15) is 9.59 Å². The Morgan fingerprint density at radius 1 is 1.14 bits per heavy atom. The second kappa shape index (κ2) is 7.10. The van der Waals surface area contributed by atoms with Crippen molar-refractivity contribution in [1.82, 2.24) is 20.2 Å². The predicted octanol–water partition coefficient (Wildman–Crippen LogP) is 2.38. The topological polar surface area (TPSA) is 78.1 Å². The number of nitrogens with zero attached hydrogens (tertiary/aromatic N) is 2. The number of amides is 1. The highest BCUT2D eigenvalue weighted by Crippen LogP contribution is 2.44. The maximum atomic E-state index is 13.1. The van der Waals surface area contributed by atoms with Crippen molar-refractivity contribution in [2.45, 2.75) is 62.9 Å². The molecular formula is C23H28N4O2. The van der Waals surface area contributed by atoms with Crippen LogP contribution in [0, 0.1) is 6.92 Å². The molecular weight excluding hydrogens is 364 g/mol. The van der Waals surface area contributed by atoms with E-state index in [1.54, 1.807) is 0 Å². The molecule has 3 aliphatic rings. The van der Waals surface area contributed by atoms with Gasteiger partial charge in [-0.1, -0.05) is 30.3 Å². The molecule has 3 heterocycles. The van der Waals surface area contributed by atoms with Gasteiger partial charge in [0.05, 0.1) is 11.7 Å². The fourth-order valence-corrected chi connectivity index (χ4v) is 5.51. The van der Waals surface area contributed by atoms with Gasteiger partial charge in [-0.05, 0) is 51.0 Å². The van der Waals surface area contributed by atoms with E-state index in [1.807, 2.05) is 17.9 Å². The summed E-state index contributed by atoms with van der Waals surface area (Å²) in [6.45, 7) is 3.35. The lowest BCUT2D eigenvalue weighted by Gasteiger charge is -2.40. The number of aromatic amines is 1. The van der Waals surface area contributed by atoms with Crippen LogP contribution in [0.3, 0.4) is 0 Å². The molecule has 29 heavy (non-hydrogen) atoms. The van der Waals surface area contributed by atoms with Gasteiger partial charge in [-0.3, -0.25) is 14.9 Å². The zero-order valence-corrected chi connectivity index (χ0v) is 16.9. The van der Waals surface area contributed by atoms with Crippen molar-refractivity contribution in [3.63, 3.8) is 0 Å². The van der Waals surface area contributed by atoms with Crippen molar-refractivity contribution < 1.29 is 4.79 Å². The molecule has 2 N–H and O–H groups in total. The molecule has 0 saturated carbocycles. The molecule has 1 amide bonds. The molecule has 1 aromatic heterocycles. The van der Waals surface area contributed by atoms with Crippen LogP contribution in [0.15, 0.2) is 35.1 Å². The van der Waals surface area contributed by atoms with E-state index in [1.165, 1.54) is 5.56 Å². The molecule has 2 aliphatic heterocycles. The Hall–Kier alpha value is -2.47. The Kier molecular flexibility index (Phi) is 4.54. The molecule has 1 aromatic carbocycles. The molecule has 152 valence electrons. The van der Waals surface area contributed by atoms with E-state index >= 15 is 0 Å². The van der Waals surface area contributed by atoms with Crippen LogP contribution in [-0.2, 0) is 16.6 Å². The van der Waals surface area contributed by atoms with Crippen molar-refractivity contribution in [1.29, 1.82) is 0 Å². The van der Waals surface area contributed by atoms with E-state index < -0.39 is 0 Å². The zero-order chi connectivity index (χ0) is 20.0. The van der Waals surface area contributed by atoms with Crippen LogP contribution in [0.1, 0.15) is 60.8 Å². The smallest absolute Gasteiger partial charge is 0.254 e. The normalized spacial score (nSPS) is 25.3. The minimum Gasteiger partial charge on any atom is -0.341 e. The first-order valence-electron chi connectivity index (χ1n) is 10.8. The lowest BCUT2D eigenvalue weighted by Crippen LogP contribution is -2.50. The van der Waals surface area contributed by atoms with Crippen LogP contribution in [0.4, 0.5) is 0 Å². The molecule has 0 unspecified atom stereocenters. The Morgan fingerprint density at radius 3 is 2.66 bits per heavy atom. The molecule has 6 nitrogen and oxygen atoms in total. The number of nitrogens with one attached hydrogen (secondary N) is 2. The molecule has 2 aromatic rings. The lowest BCUT2D eigenvalue weighted by molar-refractivity contribution is -0.134. The highest BCUT2D eigenvalue weighted by molar-refractivity contribution is 5.82. The molecule has 0 radical (unpaired) electrons. The van der Waals surface area contributed by atoms with Crippen molar-refractivity contribution in [3.05, 3.63) is 63.3 Å². The number of fused-ring (bicyclic) bond motifs is 2. The van der Waals surface area contributed by atoms with Crippen molar-refractivity contribution >= 4 is 5.91 Å². The molecule has 2 atom stereocenters. The molecule has 0 bridgehead atoms. The molecule has 2 saturated heterocycles. The predicted molar refractivity (Wildman–Crippen MR) is 111 cm³/mol. The third-order valence-corrected chi connectivity index (χ3v) is 7.17. The molecule has 1 spiro atoms. The average molecular weight is 393 g/mol. The number of rotatable bonds is 2. The molecule has 6 heteroatoms. The number of aromatic nitrogens is 2. The number of carbonyl (C=O) groups is 1. The standard InChI is InChI=1S/C23H28N4O2/c1-15-24-20-17(21(28)25-15)9-10-23(20)11-13-27(14-12-23)22(29)19-8-7-18(26-19)16-5-3-2-4-6-16/h2-6,18-19,26H,7-14H2,1H3,(H,24,25,28)/t18-,19-/m1/s1. The van der Waals surface area contributed by atoms with Crippen LogP contribution in [0.25, 0.3) is 0 Å². The molecule has 5 rings (SSSR count). The zero-order valence-electron chi connectivity index (χ0n) is 16.9. The maximum absolute atomic E-state index is 13.1. The largest absolute Gasteiger partial charge is 0.341 e. The van der Waals surface area contributed by atoms with Crippen molar-refractivity contribution in [3.8, 4) is 0 Å². The van der Waals surface area contributed by atoms with Crippen molar-refractivity contribution in [2.75, 3.05) is 13.1 Å². The first-order valence-corrected chi connectivity index (χ1v) is 10.8. The van der Waals surface area contributed by atoms with Crippen LogP contribution in [-0.4, -0.2) is 39.9 Å². The van der Waals surface area contributed by atoms with Gasteiger partial charge in [0.1, 0.15) is 5.82 Å².